The third-order valence-corrected chi connectivity index (χ3v) is 7.24. The Morgan fingerprint density at radius 2 is 1.90 bits per heavy atom. The van der Waals surface area contributed by atoms with E-state index in [1.165, 1.54) is 11.9 Å². The summed E-state index contributed by atoms with van der Waals surface area (Å²) in [5, 5.41) is 3.36. The van der Waals surface area contributed by atoms with Crippen LogP contribution in [0.5, 0.6) is 0 Å². The molecule has 1 atom stereocenters. The normalized spacial score (nSPS) is 23.7. The Balaban J connectivity index is 1.51. The number of piperidine rings is 2. The number of rotatable bonds is 3. The van der Waals surface area contributed by atoms with Crippen molar-refractivity contribution in [3.8, 4) is 0 Å². The lowest BCUT2D eigenvalue weighted by molar-refractivity contribution is -0.134. The Hall–Kier alpha value is -2.68. The second-order valence-electron chi connectivity index (χ2n) is 9.07. The molecule has 3 fully saturated rings. The van der Waals surface area contributed by atoms with E-state index < -0.39 is 5.54 Å². The highest BCUT2D eigenvalue weighted by Crippen LogP contribution is 2.35. The third kappa shape index (κ3) is 3.54. The summed E-state index contributed by atoms with van der Waals surface area (Å²) in [6.45, 7) is 4.94. The number of likely N-dealkylation sites (N-methyl/N-ethyl adjacent to an activating group) is 2. The molecule has 0 aromatic carbocycles. The highest BCUT2D eigenvalue weighted by Gasteiger charge is 2.55. The van der Waals surface area contributed by atoms with Crippen molar-refractivity contribution in [1.82, 2.24) is 24.6 Å². The molecule has 1 aromatic heterocycles. The van der Waals surface area contributed by atoms with Crippen molar-refractivity contribution >= 4 is 17.8 Å². The molecule has 1 unspecified atom stereocenters. The molecule has 4 rings (SSSR count). The summed E-state index contributed by atoms with van der Waals surface area (Å²) in [4.78, 5) is 55.7. The van der Waals surface area contributed by atoms with Gasteiger partial charge >= 0.3 is 6.03 Å². The largest absolute Gasteiger partial charge is 0.338 e. The number of urea groups is 1. The number of hydrogen-bond acceptors (Lipinski definition) is 5. The summed E-state index contributed by atoms with van der Waals surface area (Å²) in [5.41, 5.74) is -0.263. The molecular formula is C22H31N5O4. The molecule has 1 N–H and O–H groups in total. The molecule has 0 bridgehead atoms. The Kier molecular flexibility index (Phi) is 5.63. The fourth-order valence-corrected chi connectivity index (χ4v) is 5.16. The fraction of sp³-hybridized carbons (Fsp3) is 0.636. The van der Waals surface area contributed by atoms with E-state index in [9.17, 15) is 19.2 Å². The predicted octanol–water partition coefficient (Wildman–Crippen LogP) is 0.655. The zero-order valence-electron chi connectivity index (χ0n) is 18.5. The maximum atomic E-state index is 13.3. The number of nitrogens with one attached hydrogen (secondary N) is 1. The first-order valence-corrected chi connectivity index (χ1v) is 11.0. The number of pyridine rings is 1. The SMILES string of the molecule is Cc1ccn(CC2CCCNC2)c(=O)c1C(=O)N1CCC2(CC1)C(=O)N(C)C(=O)N2C. The van der Waals surface area contributed by atoms with Crippen LogP contribution in [0.15, 0.2) is 17.1 Å². The number of carbonyl (C=O) groups is 3. The van der Waals surface area contributed by atoms with E-state index in [-0.39, 0.29) is 29.0 Å². The molecule has 9 heteroatoms. The lowest BCUT2D eigenvalue weighted by Crippen LogP contribution is -2.56. The summed E-state index contributed by atoms with van der Waals surface area (Å²) in [7, 11) is 3.13. The molecule has 31 heavy (non-hydrogen) atoms. The van der Waals surface area contributed by atoms with E-state index >= 15 is 0 Å². The van der Waals surface area contributed by atoms with Crippen LogP contribution in [0.3, 0.4) is 0 Å². The zero-order valence-corrected chi connectivity index (χ0v) is 18.5. The number of carbonyl (C=O) groups excluding carboxylic acids is 3. The molecule has 1 spiro atoms. The molecule has 3 saturated heterocycles. The van der Waals surface area contributed by atoms with Crippen molar-refractivity contribution in [2.24, 2.45) is 5.92 Å². The van der Waals surface area contributed by atoms with Gasteiger partial charge in [0.1, 0.15) is 11.1 Å². The van der Waals surface area contributed by atoms with E-state index in [0.29, 0.717) is 44.0 Å². The maximum absolute atomic E-state index is 13.3. The van der Waals surface area contributed by atoms with Gasteiger partial charge in [-0.1, -0.05) is 0 Å². The minimum absolute atomic E-state index is 0.210. The molecule has 3 aliphatic heterocycles. The lowest BCUT2D eigenvalue weighted by atomic mass is 9.86. The Morgan fingerprint density at radius 1 is 1.19 bits per heavy atom. The van der Waals surface area contributed by atoms with Crippen molar-refractivity contribution in [3.05, 3.63) is 33.7 Å². The van der Waals surface area contributed by atoms with Crippen LogP contribution >= 0.6 is 0 Å². The van der Waals surface area contributed by atoms with Crippen LogP contribution in [0, 0.1) is 12.8 Å². The highest BCUT2D eigenvalue weighted by atomic mass is 16.2. The van der Waals surface area contributed by atoms with Gasteiger partial charge in [-0.05, 0) is 63.2 Å². The topological polar surface area (TPSA) is 95.0 Å². The number of hydrogen-bond donors (Lipinski definition) is 1. The summed E-state index contributed by atoms with van der Waals surface area (Å²) >= 11 is 0. The van der Waals surface area contributed by atoms with Gasteiger partial charge in [0.25, 0.3) is 17.4 Å². The monoisotopic (exact) mass is 429 g/mol. The van der Waals surface area contributed by atoms with Crippen LogP contribution in [0.2, 0.25) is 0 Å². The van der Waals surface area contributed by atoms with Crippen molar-refractivity contribution in [1.29, 1.82) is 0 Å². The standard InChI is InChI=1S/C22H31N5O4/c1-15-6-10-27(14-16-5-4-9-23-13-16)19(29)17(15)18(28)26-11-7-22(8-12-26)20(30)24(2)21(31)25(22)3/h6,10,16,23H,4-5,7-9,11-14H2,1-3H3. The van der Waals surface area contributed by atoms with Crippen LogP contribution in [-0.4, -0.2) is 82.9 Å². The number of aryl methyl sites for hydroxylation is 1. The van der Waals surface area contributed by atoms with Gasteiger partial charge in [0, 0.05) is 39.9 Å². The summed E-state index contributed by atoms with van der Waals surface area (Å²) in [5.74, 6) is -0.127. The van der Waals surface area contributed by atoms with Crippen LogP contribution in [0.4, 0.5) is 4.79 Å². The van der Waals surface area contributed by atoms with Crippen LogP contribution in [0.1, 0.15) is 41.6 Å². The maximum Gasteiger partial charge on any atom is 0.327 e. The lowest BCUT2D eigenvalue weighted by Gasteiger charge is -2.40. The first-order valence-electron chi connectivity index (χ1n) is 11.0. The predicted molar refractivity (Wildman–Crippen MR) is 115 cm³/mol. The van der Waals surface area contributed by atoms with Gasteiger partial charge in [-0.15, -0.1) is 0 Å². The Labute approximate surface area is 182 Å². The van der Waals surface area contributed by atoms with E-state index in [4.69, 9.17) is 0 Å². The average molecular weight is 430 g/mol. The van der Waals surface area contributed by atoms with Crippen LogP contribution < -0.4 is 10.9 Å². The Morgan fingerprint density at radius 3 is 2.48 bits per heavy atom. The third-order valence-electron chi connectivity index (χ3n) is 7.24. The smallest absolute Gasteiger partial charge is 0.327 e. The zero-order chi connectivity index (χ0) is 22.3. The van der Waals surface area contributed by atoms with Crippen LogP contribution in [-0.2, 0) is 11.3 Å². The van der Waals surface area contributed by atoms with Crippen LogP contribution in [0.25, 0.3) is 0 Å². The first-order chi connectivity index (χ1) is 14.8. The molecule has 168 valence electrons. The molecule has 9 nitrogen and oxygen atoms in total. The second kappa shape index (κ2) is 8.11. The summed E-state index contributed by atoms with van der Waals surface area (Å²) in [6.07, 6.45) is 4.69. The van der Waals surface area contributed by atoms with E-state index in [1.54, 1.807) is 29.6 Å². The number of amides is 4. The van der Waals surface area contributed by atoms with Gasteiger partial charge in [-0.3, -0.25) is 19.3 Å². The molecule has 1 aromatic rings. The molecule has 3 aliphatic rings. The molecule has 0 saturated carbocycles. The number of aromatic nitrogens is 1. The molecule has 4 amide bonds. The van der Waals surface area contributed by atoms with E-state index in [1.807, 2.05) is 6.07 Å². The van der Waals surface area contributed by atoms with E-state index in [2.05, 4.69) is 5.32 Å². The van der Waals surface area contributed by atoms with Gasteiger partial charge in [0.05, 0.1) is 0 Å². The molecule has 0 radical (unpaired) electrons. The number of nitrogens with zero attached hydrogens (tertiary/aromatic N) is 4. The summed E-state index contributed by atoms with van der Waals surface area (Å²) in [6, 6.07) is 1.52. The highest BCUT2D eigenvalue weighted by molar-refractivity contribution is 6.07. The fourth-order valence-electron chi connectivity index (χ4n) is 5.16. The summed E-state index contributed by atoms with van der Waals surface area (Å²) < 4.78 is 1.66. The minimum Gasteiger partial charge on any atom is -0.338 e. The molecule has 0 aliphatic carbocycles. The molecule has 4 heterocycles. The van der Waals surface area contributed by atoms with Crippen molar-refractivity contribution in [3.63, 3.8) is 0 Å². The van der Waals surface area contributed by atoms with Gasteiger partial charge in [-0.25, -0.2) is 4.79 Å². The average Bonchev–Trinajstić information content (AvgIpc) is 2.93. The van der Waals surface area contributed by atoms with Crippen molar-refractivity contribution < 1.29 is 14.4 Å². The van der Waals surface area contributed by atoms with Gasteiger partial charge in [0.15, 0.2) is 0 Å². The minimum atomic E-state index is -0.886. The quantitative estimate of drug-likeness (QED) is 0.712. The Bertz CT molecular complexity index is 957. The second-order valence-corrected chi connectivity index (χ2v) is 9.07. The van der Waals surface area contributed by atoms with Crippen molar-refractivity contribution in [2.75, 3.05) is 40.3 Å². The first kappa shape index (κ1) is 21.5. The van der Waals surface area contributed by atoms with Gasteiger partial charge < -0.3 is 19.7 Å². The molecular weight excluding hydrogens is 398 g/mol. The van der Waals surface area contributed by atoms with Gasteiger partial charge in [-0.2, -0.15) is 0 Å². The van der Waals surface area contributed by atoms with E-state index in [0.717, 1.165) is 30.8 Å². The number of imide groups is 1. The van der Waals surface area contributed by atoms with Gasteiger partial charge in [0.2, 0.25) is 0 Å². The van der Waals surface area contributed by atoms with Crippen molar-refractivity contribution in [2.45, 2.75) is 44.7 Å². The number of likely N-dealkylation sites (tertiary alicyclic amines) is 1.